The van der Waals surface area contributed by atoms with Gasteiger partial charge in [0.2, 0.25) is 0 Å². The fourth-order valence-corrected chi connectivity index (χ4v) is 3.81. The van der Waals surface area contributed by atoms with Crippen LogP contribution in [0, 0.1) is 11.3 Å². The molecule has 0 saturated carbocycles. The van der Waals surface area contributed by atoms with Gasteiger partial charge in [-0.1, -0.05) is 66.4 Å². The Morgan fingerprint density at radius 3 is 2.45 bits per heavy atom. The summed E-state index contributed by atoms with van der Waals surface area (Å²) in [5.74, 6) is 0.677. The molecule has 4 aromatic rings. The lowest BCUT2D eigenvalue weighted by Crippen LogP contribution is -2.21. The number of hydrogen-bond donors (Lipinski definition) is 0. The largest absolute Gasteiger partial charge is 0.268 e. The first-order chi connectivity index (χ1) is 14.3. The molecule has 4 nitrogen and oxygen atoms in total. The van der Waals surface area contributed by atoms with Gasteiger partial charge in [0, 0.05) is 5.75 Å². The predicted molar refractivity (Wildman–Crippen MR) is 118 cm³/mol. The first-order valence-corrected chi connectivity index (χ1v) is 10.1. The molecule has 0 unspecified atom stereocenters. The summed E-state index contributed by atoms with van der Waals surface area (Å²) < 4.78 is 1.62. The number of nitrogens with zero attached hydrogens (tertiary/aromatic N) is 3. The van der Waals surface area contributed by atoms with Crippen LogP contribution in [0.5, 0.6) is 0 Å². The summed E-state index contributed by atoms with van der Waals surface area (Å²) in [7, 11) is 0. The minimum atomic E-state index is -0.116. The maximum atomic E-state index is 13.2. The molecule has 0 aliphatic heterocycles. The highest BCUT2D eigenvalue weighted by atomic mass is 32.2. The zero-order chi connectivity index (χ0) is 20.1. The molecule has 4 rings (SSSR count). The van der Waals surface area contributed by atoms with Crippen molar-refractivity contribution in [2.75, 3.05) is 5.75 Å². The number of para-hydroxylation sites is 1. The van der Waals surface area contributed by atoms with Crippen molar-refractivity contribution in [1.82, 2.24) is 9.55 Å². The van der Waals surface area contributed by atoms with Gasteiger partial charge in [0.15, 0.2) is 5.16 Å². The Kier molecular flexibility index (Phi) is 5.55. The van der Waals surface area contributed by atoms with Crippen LogP contribution in [0.15, 0.2) is 94.9 Å². The van der Waals surface area contributed by atoms with Gasteiger partial charge in [-0.15, -0.1) is 0 Å². The molecule has 0 aliphatic rings. The molecular formula is C24H17N3OS. The third kappa shape index (κ3) is 4.13. The lowest BCUT2D eigenvalue weighted by atomic mass is 10.2. The second-order valence-corrected chi connectivity index (χ2v) is 7.32. The molecular weight excluding hydrogens is 378 g/mol. The van der Waals surface area contributed by atoms with Crippen LogP contribution in [-0.4, -0.2) is 15.3 Å². The fourth-order valence-electron chi connectivity index (χ4n) is 2.99. The number of fused-ring (bicyclic) bond motifs is 1. The van der Waals surface area contributed by atoms with Gasteiger partial charge in [0.05, 0.1) is 28.2 Å². The van der Waals surface area contributed by atoms with Crippen LogP contribution in [-0.2, 0) is 0 Å². The second kappa shape index (κ2) is 8.59. The van der Waals surface area contributed by atoms with Crippen molar-refractivity contribution < 1.29 is 0 Å². The fraction of sp³-hybridized carbons (Fsp3) is 0.0417. The molecule has 0 saturated heterocycles. The summed E-state index contributed by atoms with van der Waals surface area (Å²) in [5, 5.41) is 10.2. The number of benzene rings is 3. The maximum absolute atomic E-state index is 13.2. The third-order valence-corrected chi connectivity index (χ3v) is 5.31. The Morgan fingerprint density at radius 1 is 0.966 bits per heavy atom. The zero-order valence-corrected chi connectivity index (χ0v) is 16.3. The van der Waals surface area contributed by atoms with E-state index in [1.54, 1.807) is 34.9 Å². The Bertz CT molecular complexity index is 1270. The minimum Gasteiger partial charge on any atom is -0.268 e. The van der Waals surface area contributed by atoms with Gasteiger partial charge < -0.3 is 0 Å². The van der Waals surface area contributed by atoms with E-state index in [4.69, 9.17) is 10.2 Å². The van der Waals surface area contributed by atoms with Crippen LogP contribution >= 0.6 is 11.8 Å². The number of nitriles is 1. The summed E-state index contributed by atoms with van der Waals surface area (Å²) in [6.07, 6.45) is 4.11. The monoisotopic (exact) mass is 395 g/mol. The molecule has 0 radical (unpaired) electrons. The molecule has 0 spiro atoms. The molecule has 0 amide bonds. The number of thioether (sulfide) groups is 1. The first-order valence-electron chi connectivity index (χ1n) is 9.13. The van der Waals surface area contributed by atoms with Crippen LogP contribution in [0.1, 0.15) is 11.1 Å². The summed E-state index contributed by atoms with van der Waals surface area (Å²) in [6, 6.07) is 26.5. The number of rotatable bonds is 5. The maximum Gasteiger partial charge on any atom is 0.266 e. The zero-order valence-electron chi connectivity index (χ0n) is 15.5. The highest BCUT2D eigenvalue weighted by molar-refractivity contribution is 7.99. The normalized spacial score (nSPS) is 11.0. The Hall–Kier alpha value is -3.62. The van der Waals surface area contributed by atoms with Crippen molar-refractivity contribution in [3.63, 3.8) is 0 Å². The number of hydrogen-bond acceptors (Lipinski definition) is 4. The molecule has 0 bridgehead atoms. The summed E-state index contributed by atoms with van der Waals surface area (Å²) in [4.78, 5) is 17.9. The van der Waals surface area contributed by atoms with Gasteiger partial charge in [0.25, 0.3) is 5.56 Å². The van der Waals surface area contributed by atoms with E-state index in [1.165, 1.54) is 11.8 Å². The van der Waals surface area contributed by atoms with Crippen molar-refractivity contribution in [1.29, 1.82) is 5.26 Å². The van der Waals surface area contributed by atoms with Crippen LogP contribution in [0.2, 0.25) is 0 Å². The lowest BCUT2D eigenvalue weighted by Gasteiger charge is -2.12. The standard InChI is InChI=1S/C24H17N3OS/c25-17-19-12-14-20(15-13-19)27-23(28)21-10-4-5-11-22(21)26-24(27)29-16-6-9-18-7-2-1-3-8-18/h1-15H,16H2/b9-6+. The molecule has 0 atom stereocenters. The van der Waals surface area contributed by atoms with Crippen molar-refractivity contribution in [3.8, 4) is 11.8 Å². The highest BCUT2D eigenvalue weighted by Crippen LogP contribution is 2.22. The van der Waals surface area contributed by atoms with Gasteiger partial charge in [-0.05, 0) is 42.0 Å². The Morgan fingerprint density at radius 2 is 1.69 bits per heavy atom. The smallest absolute Gasteiger partial charge is 0.266 e. The van der Waals surface area contributed by atoms with Crippen LogP contribution in [0.3, 0.4) is 0 Å². The van der Waals surface area contributed by atoms with Crippen molar-refractivity contribution in [2.24, 2.45) is 0 Å². The third-order valence-electron chi connectivity index (χ3n) is 4.42. The average molecular weight is 395 g/mol. The first kappa shape index (κ1) is 18.7. The molecule has 140 valence electrons. The van der Waals surface area contributed by atoms with E-state index in [2.05, 4.69) is 18.2 Å². The molecule has 29 heavy (non-hydrogen) atoms. The van der Waals surface area contributed by atoms with Gasteiger partial charge in [-0.2, -0.15) is 5.26 Å². The molecule has 0 aliphatic carbocycles. The number of aromatic nitrogens is 2. The topological polar surface area (TPSA) is 58.7 Å². The van der Waals surface area contributed by atoms with Crippen LogP contribution in [0.25, 0.3) is 22.7 Å². The van der Waals surface area contributed by atoms with E-state index >= 15 is 0 Å². The predicted octanol–water partition coefficient (Wildman–Crippen LogP) is 5.06. The summed E-state index contributed by atoms with van der Waals surface area (Å²) in [5.41, 5.74) is 2.94. The van der Waals surface area contributed by atoms with E-state index in [0.717, 1.165) is 5.56 Å². The van der Waals surface area contributed by atoms with E-state index in [0.29, 0.717) is 33.1 Å². The molecule has 0 fully saturated rings. The van der Waals surface area contributed by atoms with Gasteiger partial charge >= 0.3 is 0 Å². The van der Waals surface area contributed by atoms with Gasteiger partial charge in [0.1, 0.15) is 0 Å². The van der Waals surface area contributed by atoms with Crippen LogP contribution < -0.4 is 5.56 Å². The van der Waals surface area contributed by atoms with E-state index in [-0.39, 0.29) is 5.56 Å². The average Bonchev–Trinajstić information content (AvgIpc) is 2.78. The molecule has 3 aromatic carbocycles. The second-order valence-electron chi connectivity index (χ2n) is 6.33. The van der Waals surface area contributed by atoms with Crippen molar-refractivity contribution in [3.05, 3.63) is 106 Å². The van der Waals surface area contributed by atoms with E-state index in [9.17, 15) is 4.79 Å². The van der Waals surface area contributed by atoms with E-state index in [1.807, 2.05) is 48.5 Å². The van der Waals surface area contributed by atoms with Gasteiger partial charge in [-0.3, -0.25) is 9.36 Å². The van der Waals surface area contributed by atoms with Crippen molar-refractivity contribution in [2.45, 2.75) is 5.16 Å². The molecule has 5 heteroatoms. The lowest BCUT2D eigenvalue weighted by molar-refractivity contribution is 0.821. The molecule has 0 N–H and O–H groups in total. The van der Waals surface area contributed by atoms with Crippen molar-refractivity contribution >= 4 is 28.7 Å². The van der Waals surface area contributed by atoms with Crippen LogP contribution in [0.4, 0.5) is 0 Å². The molecule has 1 aromatic heterocycles. The summed E-state index contributed by atoms with van der Waals surface area (Å²) >= 11 is 1.50. The Labute approximate surface area is 172 Å². The Balaban J connectivity index is 1.72. The minimum absolute atomic E-state index is 0.116. The highest BCUT2D eigenvalue weighted by Gasteiger charge is 2.12. The molecule has 1 heterocycles. The quantitative estimate of drug-likeness (QED) is 0.350. The van der Waals surface area contributed by atoms with E-state index < -0.39 is 0 Å². The summed E-state index contributed by atoms with van der Waals surface area (Å²) in [6.45, 7) is 0. The van der Waals surface area contributed by atoms with Gasteiger partial charge in [-0.25, -0.2) is 4.98 Å². The SMILES string of the molecule is N#Cc1ccc(-n2c(SC/C=C/c3ccccc3)nc3ccccc3c2=O)cc1.